The molecular weight excluding hydrogens is 130 g/mol. The largest absolute Gasteiger partial charge is 0.349 e. The van der Waals surface area contributed by atoms with E-state index in [0.717, 1.165) is 19.3 Å². The zero-order chi connectivity index (χ0) is 7.40. The van der Waals surface area contributed by atoms with Crippen molar-refractivity contribution in [3.05, 3.63) is 0 Å². The van der Waals surface area contributed by atoms with Gasteiger partial charge < -0.3 is 5.32 Å². The van der Waals surface area contributed by atoms with Gasteiger partial charge in [-0.25, -0.2) is 0 Å². The number of rotatable bonds is 2. The van der Waals surface area contributed by atoms with E-state index in [1.54, 1.807) is 0 Å². The smallest absolute Gasteiger partial charge is 0.207 e. The molecule has 0 aromatic heterocycles. The van der Waals surface area contributed by atoms with Crippen molar-refractivity contribution in [3.8, 4) is 0 Å². The lowest BCUT2D eigenvalue weighted by Crippen LogP contribution is -2.37. The summed E-state index contributed by atoms with van der Waals surface area (Å²) in [7, 11) is 0. The van der Waals surface area contributed by atoms with Crippen LogP contribution in [0.1, 0.15) is 25.7 Å². The van der Waals surface area contributed by atoms with Crippen molar-refractivity contribution in [2.45, 2.75) is 31.7 Å². The second-order valence-corrected chi connectivity index (χ2v) is 2.55. The highest BCUT2D eigenvalue weighted by Crippen LogP contribution is 2.13. The fraction of sp³-hybridized carbons (Fsp3) is 0.714. The predicted octanol–water partition coefficient (Wildman–Crippen LogP) is 0.244. The summed E-state index contributed by atoms with van der Waals surface area (Å²) in [6, 6.07) is -0.189. The summed E-state index contributed by atoms with van der Waals surface area (Å²) >= 11 is 0. The zero-order valence-electron chi connectivity index (χ0n) is 5.80. The first-order valence-electron chi connectivity index (χ1n) is 3.57. The van der Waals surface area contributed by atoms with E-state index in [1.165, 1.54) is 0 Å². The number of nitrogens with one attached hydrogen (secondary N) is 1. The number of hydrogen-bond donors (Lipinski definition) is 1. The van der Waals surface area contributed by atoms with Gasteiger partial charge in [0, 0.05) is 6.42 Å². The monoisotopic (exact) mass is 141 g/mol. The molecule has 1 rings (SSSR count). The maximum atomic E-state index is 11.0. The van der Waals surface area contributed by atoms with Gasteiger partial charge in [-0.15, -0.1) is 0 Å². The fourth-order valence-electron chi connectivity index (χ4n) is 1.24. The normalized spacial score (nSPS) is 26.0. The molecule has 0 aromatic carbocycles. The van der Waals surface area contributed by atoms with Crippen molar-refractivity contribution < 1.29 is 9.59 Å². The molecule has 1 atom stereocenters. The first-order valence-corrected chi connectivity index (χ1v) is 3.57. The second-order valence-electron chi connectivity index (χ2n) is 2.55. The van der Waals surface area contributed by atoms with Gasteiger partial charge in [0.25, 0.3) is 0 Å². The van der Waals surface area contributed by atoms with Crippen LogP contribution in [0.25, 0.3) is 0 Å². The van der Waals surface area contributed by atoms with Crippen molar-refractivity contribution in [2.24, 2.45) is 0 Å². The first-order chi connectivity index (χ1) is 4.84. The number of ketones is 1. The van der Waals surface area contributed by atoms with Crippen molar-refractivity contribution in [3.63, 3.8) is 0 Å². The molecule has 0 saturated heterocycles. The van der Waals surface area contributed by atoms with Crippen LogP contribution < -0.4 is 5.32 Å². The van der Waals surface area contributed by atoms with Gasteiger partial charge in [0.05, 0.1) is 6.04 Å². The van der Waals surface area contributed by atoms with Gasteiger partial charge in [-0.05, 0) is 12.8 Å². The highest BCUT2D eigenvalue weighted by molar-refractivity contribution is 5.86. The predicted molar refractivity (Wildman–Crippen MR) is 36.5 cm³/mol. The van der Waals surface area contributed by atoms with Crippen LogP contribution in [0.2, 0.25) is 0 Å². The Morgan fingerprint density at radius 1 is 1.50 bits per heavy atom. The van der Waals surface area contributed by atoms with Crippen molar-refractivity contribution >= 4 is 12.2 Å². The highest BCUT2D eigenvalue weighted by atomic mass is 16.1. The van der Waals surface area contributed by atoms with Gasteiger partial charge in [0.15, 0.2) is 5.78 Å². The van der Waals surface area contributed by atoms with Crippen LogP contribution in [-0.4, -0.2) is 18.2 Å². The summed E-state index contributed by atoms with van der Waals surface area (Å²) in [5.41, 5.74) is 0. The average Bonchev–Trinajstić information content (AvgIpc) is 1.94. The molecule has 10 heavy (non-hydrogen) atoms. The average molecular weight is 141 g/mol. The van der Waals surface area contributed by atoms with Gasteiger partial charge >= 0.3 is 0 Å². The van der Waals surface area contributed by atoms with E-state index in [2.05, 4.69) is 5.32 Å². The van der Waals surface area contributed by atoms with Gasteiger partial charge in [-0.2, -0.15) is 0 Å². The van der Waals surface area contributed by atoms with Crippen LogP contribution in [0.4, 0.5) is 0 Å². The van der Waals surface area contributed by atoms with Crippen LogP contribution in [0.15, 0.2) is 0 Å². The summed E-state index contributed by atoms with van der Waals surface area (Å²) in [5.74, 6) is 0.179. The molecule has 0 bridgehead atoms. The number of Topliss-reactive ketones (excluding diaryl/α,β-unsaturated/α-hetero) is 1. The third-order valence-electron chi connectivity index (χ3n) is 1.82. The van der Waals surface area contributed by atoms with E-state index in [-0.39, 0.29) is 11.8 Å². The molecule has 1 aliphatic carbocycles. The van der Waals surface area contributed by atoms with E-state index >= 15 is 0 Å². The molecule has 1 fully saturated rings. The molecule has 1 amide bonds. The lowest BCUT2D eigenvalue weighted by Gasteiger charge is -2.18. The molecule has 1 N–H and O–H groups in total. The molecule has 0 radical (unpaired) electrons. The fourth-order valence-corrected chi connectivity index (χ4v) is 1.24. The van der Waals surface area contributed by atoms with E-state index in [9.17, 15) is 9.59 Å². The van der Waals surface area contributed by atoms with Crippen LogP contribution in [0, 0.1) is 0 Å². The molecule has 0 spiro atoms. The minimum atomic E-state index is -0.189. The van der Waals surface area contributed by atoms with Crippen LogP contribution >= 0.6 is 0 Å². The van der Waals surface area contributed by atoms with Crippen molar-refractivity contribution in [1.29, 1.82) is 0 Å². The Labute approximate surface area is 59.8 Å². The van der Waals surface area contributed by atoms with Crippen LogP contribution in [0.3, 0.4) is 0 Å². The topological polar surface area (TPSA) is 46.2 Å². The summed E-state index contributed by atoms with van der Waals surface area (Å²) < 4.78 is 0. The summed E-state index contributed by atoms with van der Waals surface area (Å²) in [5, 5.41) is 2.50. The van der Waals surface area contributed by atoms with E-state index in [4.69, 9.17) is 0 Å². The highest BCUT2D eigenvalue weighted by Gasteiger charge is 2.20. The van der Waals surface area contributed by atoms with E-state index < -0.39 is 0 Å². The Morgan fingerprint density at radius 3 is 2.90 bits per heavy atom. The van der Waals surface area contributed by atoms with Gasteiger partial charge in [-0.1, -0.05) is 6.42 Å². The Bertz CT molecular complexity index is 145. The molecule has 3 heteroatoms. The standard InChI is InChI=1S/C7H11NO2/c9-5-8-6-3-1-2-4-7(6)10/h5-6H,1-4H2,(H,8,9)/t6-/m1/s1. The Morgan fingerprint density at radius 2 is 2.30 bits per heavy atom. The number of hydrogen-bond acceptors (Lipinski definition) is 2. The number of carbonyl (C=O) groups is 2. The number of amides is 1. The Balaban J connectivity index is 2.39. The lowest BCUT2D eigenvalue weighted by atomic mass is 9.94. The van der Waals surface area contributed by atoms with Gasteiger partial charge in [-0.3, -0.25) is 9.59 Å². The second kappa shape index (κ2) is 3.34. The van der Waals surface area contributed by atoms with Crippen LogP contribution in [-0.2, 0) is 9.59 Å². The van der Waals surface area contributed by atoms with E-state index in [0.29, 0.717) is 12.8 Å². The summed E-state index contributed by atoms with van der Waals surface area (Å²) in [6.07, 6.45) is 4.09. The maximum Gasteiger partial charge on any atom is 0.207 e. The van der Waals surface area contributed by atoms with Crippen LogP contribution in [0.5, 0.6) is 0 Å². The maximum absolute atomic E-state index is 11.0. The molecule has 0 aromatic rings. The molecule has 0 aliphatic heterocycles. The zero-order valence-corrected chi connectivity index (χ0v) is 5.80. The molecular formula is C7H11NO2. The minimum Gasteiger partial charge on any atom is -0.349 e. The minimum absolute atomic E-state index is 0.179. The summed E-state index contributed by atoms with van der Waals surface area (Å²) in [4.78, 5) is 20.9. The molecule has 1 saturated carbocycles. The van der Waals surface area contributed by atoms with E-state index in [1.807, 2.05) is 0 Å². The first kappa shape index (κ1) is 7.25. The third-order valence-corrected chi connectivity index (χ3v) is 1.82. The molecule has 1 aliphatic rings. The SMILES string of the molecule is O=CN[C@@H]1CCCCC1=O. The van der Waals surface area contributed by atoms with Crippen molar-refractivity contribution in [2.75, 3.05) is 0 Å². The lowest BCUT2D eigenvalue weighted by molar-refractivity contribution is -0.124. The third kappa shape index (κ3) is 1.56. The number of carbonyl (C=O) groups excluding carboxylic acids is 2. The quantitative estimate of drug-likeness (QED) is 0.560. The molecule has 0 heterocycles. The van der Waals surface area contributed by atoms with Gasteiger partial charge in [0.2, 0.25) is 6.41 Å². The Kier molecular flexibility index (Phi) is 2.42. The summed E-state index contributed by atoms with van der Waals surface area (Å²) in [6.45, 7) is 0. The van der Waals surface area contributed by atoms with Gasteiger partial charge in [0.1, 0.15) is 0 Å². The Hall–Kier alpha value is -0.860. The van der Waals surface area contributed by atoms with Crippen molar-refractivity contribution in [1.82, 2.24) is 5.32 Å². The molecule has 56 valence electrons. The molecule has 3 nitrogen and oxygen atoms in total. The molecule has 0 unspecified atom stereocenters.